The number of pyridine rings is 1. The number of alkyl halides is 3. The quantitative estimate of drug-likeness (QED) is 0.182. The van der Waals surface area contributed by atoms with Gasteiger partial charge in [0.05, 0.1) is 17.0 Å². The highest BCUT2D eigenvalue weighted by atomic mass is 32.2. The molecule has 1 aliphatic heterocycles. The van der Waals surface area contributed by atoms with Crippen LogP contribution in [0.1, 0.15) is 37.1 Å². The Labute approximate surface area is 258 Å². The molecule has 3 heterocycles. The largest absolute Gasteiger partial charge is 0.493 e. The van der Waals surface area contributed by atoms with Crippen molar-refractivity contribution in [2.24, 2.45) is 0 Å². The van der Waals surface area contributed by atoms with Crippen LogP contribution in [-0.4, -0.2) is 40.9 Å². The van der Waals surface area contributed by atoms with Crippen LogP contribution in [-0.2, 0) is 28.3 Å². The fourth-order valence-electron chi connectivity index (χ4n) is 6.23. The topological polar surface area (TPSA) is 81.4 Å². The summed E-state index contributed by atoms with van der Waals surface area (Å²) in [7, 11) is -4.40. The van der Waals surface area contributed by atoms with E-state index in [0.717, 1.165) is 15.6 Å². The molecule has 0 aliphatic carbocycles. The maximum Gasteiger partial charge on any atom is 0.417 e. The molecule has 0 fully saturated rings. The first-order valence-corrected chi connectivity index (χ1v) is 15.7. The van der Waals surface area contributed by atoms with E-state index in [1.807, 2.05) is 6.07 Å². The molecule has 11 heteroatoms. The van der Waals surface area contributed by atoms with Crippen molar-refractivity contribution < 1.29 is 35.8 Å². The number of hydrogen-bond donors (Lipinski definition) is 1. The number of ether oxygens (including phenoxy) is 1. The van der Waals surface area contributed by atoms with Gasteiger partial charge in [0, 0.05) is 53.0 Å². The molecule has 6 rings (SSSR count). The van der Waals surface area contributed by atoms with Gasteiger partial charge in [0.15, 0.2) is 5.60 Å². The molecule has 234 valence electrons. The van der Waals surface area contributed by atoms with Crippen LogP contribution in [0.2, 0.25) is 0 Å². The summed E-state index contributed by atoms with van der Waals surface area (Å²) in [6, 6.07) is 19.6. The van der Waals surface area contributed by atoms with Crippen molar-refractivity contribution in [3.8, 4) is 16.9 Å². The van der Waals surface area contributed by atoms with E-state index >= 15 is 0 Å². The first-order chi connectivity index (χ1) is 21.2. The predicted molar refractivity (Wildman–Crippen MR) is 162 cm³/mol. The molecular formula is C34H30F4N2O4S. The Bertz CT molecular complexity index is 1990. The van der Waals surface area contributed by atoms with E-state index in [4.69, 9.17) is 4.74 Å². The summed E-state index contributed by atoms with van der Waals surface area (Å²) in [4.78, 5) is 3.99. The second-order valence-electron chi connectivity index (χ2n) is 12.0. The summed E-state index contributed by atoms with van der Waals surface area (Å²) in [5.74, 6) is -0.300. The number of aromatic nitrogens is 2. The summed E-state index contributed by atoms with van der Waals surface area (Å²) in [5.41, 5.74) is -2.76. The van der Waals surface area contributed by atoms with Crippen molar-refractivity contribution in [1.29, 1.82) is 0 Å². The molecule has 1 aliphatic rings. The minimum atomic E-state index is -5.18. The Balaban J connectivity index is 1.50. The molecule has 0 bridgehead atoms. The number of fused-ring (bicyclic) bond motifs is 2. The Morgan fingerprint density at radius 3 is 2.40 bits per heavy atom. The molecule has 1 unspecified atom stereocenters. The van der Waals surface area contributed by atoms with Crippen LogP contribution in [0.3, 0.4) is 0 Å². The Hall–Kier alpha value is -4.22. The molecule has 6 nitrogen and oxygen atoms in total. The molecular weight excluding hydrogens is 608 g/mol. The van der Waals surface area contributed by atoms with E-state index < -0.39 is 45.9 Å². The van der Waals surface area contributed by atoms with E-state index in [9.17, 15) is 31.1 Å². The Morgan fingerprint density at radius 2 is 1.71 bits per heavy atom. The fourth-order valence-corrected chi connectivity index (χ4v) is 7.79. The molecule has 0 saturated heterocycles. The summed E-state index contributed by atoms with van der Waals surface area (Å²) >= 11 is 0. The third-order valence-corrected chi connectivity index (χ3v) is 10.1. The zero-order valence-corrected chi connectivity index (χ0v) is 25.3. The summed E-state index contributed by atoms with van der Waals surface area (Å²) in [6.07, 6.45) is -3.51. The van der Waals surface area contributed by atoms with Gasteiger partial charge in [-0.25, -0.2) is 16.8 Å². The lowest BCUT2D eigenvalue weighted by molar-refractivity contribution is -0.266. The van der Waals surface area contributed by atoms with Gasteiger partial charge in [0.25, 0.3) is 10.0 Å². The monoisotopic (exact) mass is 638 g/mol. The van der Waals surface area contributed by atoms with Gasteiger partial charge in [-0.3, -0.25) is 4.98 Å². The van der Waals surface area contributed by atoms with Crippen molar-refractivity contribution in [1.82, 2.24) is 8.96 Å². The first-order valence-electron chi connectivity index (χ1n) is 14.3. The van der Waals surface area contributed by atoms with Crippen LogP contribution in [0, 0.1) is 5.82 Å². The SMILES string of the molecule is CC(C)(CC(O)(Cc1cc2cc(-c3cccnc3)ccc2n1S(=O)(=O)c1ccccc1)C(F)(F)F)c1cc(F)cc2c1OCC2. The average molecular weight is 639 g/mol. The van der Waals surface area contributed by atoms with Gasteiger partial charge in [0.2, 0.25) is 0 Å². The van der Waals surface area contributed by atoms with Crippen LogP contribution in [0.5, 0.6) is 5.75 Å². The molecule has 3 aromatic carbocycles. The van der Waals surface area contributed by atoms with Crippen molar-refractivity contribution in [3.05, 3.63) is 114 Å². The number of halogens is 4. The minimum Gasteiger partial charge on any atom is -0.493 e. The van der Waals surface area contributed by atoms with Gasteiger partial charge < -0.3 is 9.84 Å². The predicted octanol–water partition coefficient (Wildman–Crippen LogP) is 7.22. The van der Waals surface area contributed by atoms with Crippen LogP contribution in [0.15, 0.2) is 96.2 Å². The van der Waals surface area contributed by atoms with Crippen molar-refractivity contribution in [2.45, 2.75) is 55.2 Å². The van der Waals surface area contributed by atoms with Crippen LogP contribution in [0.4, 0.5) is 17.6 Å². The second-order valence-corrected chi connectivity index (χ2v) is 13.8. The molecule has 0 amide bonds. The molecule has 2 aromatic heterocycles. The van der Waals surface area contributed by atoms with Gasteiger partial charge >= 0.3 is 6.18 Å². The minimum absolute atomic E-state index is 0.122. The number of rotatable bonds is 8. The van der Waals surface area contributed by atoms with Crippen molar-refractivity contribution in [3.63, 3.8) is 0 Å². The van der Waals surface area contributed by atoms with Crippen molar-refractivity contribution in [2.75, 3.05) is 6.61 Å². The molecule has 0 radical (unpaired) electrons. The third kappa shape index (κ3) is 5.59. The van der Waals surface area contributed by atoms with E-state index in [1.54, 1.807) is 36.7 Å². The van der Waals surface area contributed by atoms with Gasteiger partial charge in [0.1, 0.15) is 11.6 Å². The first kappa shape index (κ1) is 30.8. The number of hydrogen-bond acceptors (Lipinski definition) is 5. The van der Waals surface area contributed by atoms with Gasteiger partial charge in [-0.05, 0) is 65.9 Å². The molecule has 1 atom stereocenters. The highest BCUT2D eigenvalue weighted by Gasteiger charge is 2.57. The van der Waals surface area contributed by atoms with E-state index in [-0.39, 0.29) is 28.3 Å². The summed E-state index contributed by atoms with van der Waals surface area (Å²) < 4.78 is 94.0. The summed E-state index contributed by atoms with van der Waals surface area (Å²) in [6.45, 7) is 3.23. The maximum absolute atomic E-state index is 15.0. The molecule has 45 heavy (non-hydrogen) atoms. The zero-order chi connectivity index (χ0) is 32.2. The Kier molecular flexibility index (Phi) is 7.52. The van der Waals surface area contributed by atoms with Crippen LogP contribution >= 0.6 is 0 Å². The normalized spacial score (nSPS) is 15.1. The van der Waals surface area contributed by atoms with Gasteiger partial charge in [-0.2, -0.15) is 13.2 Å². The lowest BCUT2D eigenvalue weighted by atomic mass is 9.72. The lowest BCUT2D eigenvalue weighted by Crippen LogP contribution is -2.51. The number of nitrogens with zero attached hydrogens (tertiary/aromatic N) is 2. The van der Waals surface area contributed by atoms with Crippen LogP contribution in [0.25, 0.3) is 22.0 Å². The van der Waals surface area contributed by atoms with Gasteiger partial charge in [-0.1, -0.05) is 44.2 Å². The van der Waals surface area contributed by atoms with Crippen molar-refractivity contribution >= 4 is 20.9 Å². The number of benzene rings is 3. The molecule has 0 spiro atoms. The highest BCUT2D eigenvalue weighted by molar-refractivity contribution is 7.90. The molecule has 1 N–H and O–H groups in total. The zero-order valence-electron chi connectivity index (χ0n) is 24.5. The number of aliphatic hydroxyl groups is 1. The third-order valence-electron chi connectivity index (χ3n) is 8.32. The van der Waals surface area contributed by atoms with Gasteiger partial charge in [-0.15, -0.1) is 0 Å². The lowest BCUT2D eigenvalue weighted by Gasteiger charge is -2.38. The summed E-state index contributed by atoms with van der Waals surface area (Å²) in [5, 5.41) is 11.9. The highest BCUT2D eigenvalue weighted by Crippen LogP contribution is 2.47. The average Bonchev–Trinajstić information content (AvgIpc) is 3.60. The fraction of sp³-hybridized carbons (Fsp3) is 0.265. The van der Waals surface area contributed by atoms with E-state index in [1.165, 1.54) is 56.3 Å². The van der Waals surface area contributed by atoms with E-state index in [0.29, 0.717) is 28.7 Å². The van der Waals surface area contributed by atoms with Crippen LogP contribution < -0.4 is 4.74 Å². The molecule has 5 aromatic rings. The Morgan fingerprint density at radius 1 is 0.956 bits per heavy atom. The second kappa shape index (κ2) is 11.0. The molecule has 0 saturated carbocycles. The maximum atomic E-state index is 15.0. The standard InChI is InChI=1S/C34H30F4N2O4S/c1-32(2,29-18-26(35)16-23-12-14-44-31(23)29)21-33(41,34(36,37)38)19-27-17-25-15-22(24-7-6-13-39-20-24)10-11-30(25)40(27)45(42,43)28-8-4-3-5-9-28/h3-11,13,15-18,20,41H,12,14,19,21H2,1-2H3. The van der Waals surface area contributed by atoms with E-state index in [2.05, 4.69) is 4.98 Å². The smallest absolute Gasteiger partial charge is 0.417 e.